The Morgan fingerprint density at radius 2 is 1.89 bits per heavy atom. The molecule has 1 saturated carbocycles. The molecule has 3 atom stereocenters. The van der Waals surface area contributed by atoms with Gasteiger partial charge in [-0.25, -0.2) is 4.79 Å². The molecule has 0 heterocycles. The summed E-state index contributed by atoms with van der Waals surface area (Å²) in [6.45, 7) is 1.68. The third-order valence-electron chi connectivity index (χ3n) is 7.03. The van der Waals surface area contributed by atoms with Crippen LogP contribution >= 0.6 is 0 Å². The van der Waals surface area contributed by atoms with Crippen LogP contribution in [-0.2, 0) is 25.5 Å². The molecular formula is C24H27N3O9. The van der Waals surface area contributed by atoms with Crippen LogP contribution in [0, 0.1) is 11.8 Å². The van der Waals surface area contributed by atoms with Crippen LogP contribution in [0.5, 0.6) is 5.75 Å². The number of nitrogens with zero attached hydrogens (tertiary/aromatic N) is 1. The number of benzene rings is 1. The number of Topliss-reactive ketones (excluding diaryl/α,β-unsaturated/α-hetero) is 2. The van der Waals surface area contributed by atoms with Gasteiger partial charge in [0.05, 0.1) is 17.9 Å². The summed E-state index contributed by atoms with van der Waals surface area (Å²) in [5.41, 5.74) is 2.25. The molecule has 7 N–H and O–H groups in total. The maximum Gasteiger partial charge on any atom is 0.411 e. The van der Waals surface area contributed by atoms with Gasteiger partial charge in [-0.3, -0.25) is 19.7 Å². The van der Waals surface area contributed by atoms with Crippen molar-refractivity contribution in [3.63, 3.8) is 0 Å². The first kappa shape index (κ1) is 25.0. The number of carbonyl (C=O) groups excluding carboxylic acids is 4. The second-order valence-electron chi connectivity index (χ2n) is 9.29. The van der Waals surface area contributed by atoms with Crippen molar-refractivity contribution >= 4 is 40.7 Å². The van der Waals surface area contributed by atoms with Crippen LogP contribution in [0.1, 0.15) is 30.9 Å². The largest absolute Gasteiger partial charge is 0.508 e. The Balaban J connectivity index is 1.92. The molecule has 1 aromatic carbocycles. The second-order valence-corrected chi connectivity index (χ2v) is 9.29. The van der Waals surface area contributed by atoms with E-state index in [0.717, 1.165) is 0 Å². The minimum atomic E-state index is -2.64. The number of carbonyl (C=O) groups is 4. The molecule has 3 aliphatic carbocycles. The van der Waals surface area contributed by atoms with Crippen molar-refractivity contribution in [2.75, 3.05) is 30.9 Å². The van der Waals surface area contributed by atoms with Gasteiger partial charge in [-0.1, -0.05) is 0 Å². The third kappa shape index (κ3) is 3.48. The average molecular weight is 501 g/mol. The van der Waals surface area contributed by atoms with Gasteiger partial charge in [-0.2, -0.15) is 0 Å². The van der Waals surface area contributed by atoms with E-state index in [1.165, 1.54) is 6.07 Å². The van der Waals surface area contributed by atoms with E-state index in [0.29, 0.717) is 11.3 Å². The van der Waals surface area contributed by atoms with Gasteiger partial charge in [-0.05, 0) is 37.3 Å². The standard InChI is InChI=1S/C24H27N3O9/c1-4-36-23(34)26-12-8-13(27(2)3)11-6-9-5-10-7-14(28)17(22(25)33)21(32)24(10,35)20(31)15(9)19(30)16(11)18(12)29/h8-10,29-30,32,35H,4-7H2,1-3H3,(H2,25,33)(H,26,34). The van der Waals surface area contributed by atoms with E-state index in [9.17, 15) is 39.6 Å². The van der Waals surface area contributed by atoms with Gasteiger partial charge in [0.25, 0.3) is 5.91 Å². The van der Waals surface area contributed by atoms with E-state index in [1.54, 1.807) is 25.9 Å². The summed E-state index contributed by atoms with van der Waals surface area (Å²) in [4.78, 5) is 51.5. The number of ether oxygens (including phenoxy) is 1. The van der Waals surface area contributed by atoms with E-state index >= 15 is 0 Å². The number of amides is 2. The molecule has 36 heavy (non-hydrogen) atoms. The summed E-state index contributed by atoms with van der Waals surface area (Å²) in [6, 6.07) is 1.50. The van der Waals surface area contributed by atoms with Gasteiger partial charge in [0.2, 0.25) is 5.78 Å². The van der Waals surface area contributed by atoms with Crippen molar-refractivity contribution in [2.45, 2.75) is 31.8 Å². The summed E-state index contributed by atoms with van der Waals surface area (Å²) in [5, 5.41) is 46.6. The SMILES string of the molecule is CCOC(=O)Nc1cc(N(C)C)c2c(c1O)C(O)=C1C(=O)C3(O)C(O)=C(C(N)=O)C(=O)CC3CC1C2. The highest BCUT2D eigenvalue weighted by molar-refractivity contribution is 6.22. The van der Waals surface area contributed by atoms with Crippen molar-refractivity contribution in [3.8, 4) is 5.75 Å². The van der Waals surface area contributed by atoms with E-state index in [2.05, 4.69) is 5.32 Å². The minimum Gasteiger partial charge on any atom is -0.508 e. The van der Waals surface area contributed by atoms with Gasteiger partial charge < -0.3 is 35.8 Å². The van der Waals surface area contributed by atoms with E-state index in [4.69, 9.17) is 10.5 Å². The first-order valence-corrected chi connectivity index (χ1v) is 11.3. The fourth-order valence-corrected chi connectivity index (χ4v) is 5.44. The first-order chi connectivity index (χ1) is 16.8. The number of anilines is 2. The Hall–Kier alpha value is -4.06. The van der Waals surface area contributed by atoms with E-state index < -0.39 is 70.3 Å². The molecule has 3 aliphatic rings. The Morgan fingerprint density at radius 1 is 1.22 bits per heavy atom. The normalized spacial score (nSPS) is 25.1. The van der Waals surface area contributed by atoms with Gasteiger partial charge in [-0.15, -0.1) is 0 Å². The highest BCUT2D eigenvalue weighted by atomic mass is 16.5. The summed E-state index contributed by atoms with van der Waals surface area (Å²) >= 11 is 0. The first-order valence-electron chi connectivity index (χ1n) is 11.3. The van der Waals surface area contributed by atoms with Crippen molar-refractivity contribution in [2.24, 2.45) is 17.6 Å². The van der Waals surface area contributed by atoms with Gasteiger partial charge in [0, 0.05) is 37.7 Å². The molecule has 0 spiro atoms. The number of aromatic hydroxyl groups is 1. The lowest BCUT2D eigenvalue weighted by Crippen LogP contribution is -2.58. The Morgan fingerprint density at radius 3 is 2.47 bits per heavy atom. The van der Waals surface area contributed by atoms with Crippen molar-refractivity contribution in [1.29, 1.82) is 0 Å². The predicted molar refractivity (Wildman–Crippen MR) is 126 cm³/mol. The number of fused-ring (bicyclic) bond motifs is 3. The average Bonchev–Trinajstić information content (AvgIpc) is 2.77. The van der Waals surface area contributed by atoms with E-state index in [-0.39, 0.29) is 36.3 Å². The number of nitrogens with one attached hydrogen (secondary N) is 1. The van der Waals surface area contributed by atoms with Crippen LogP contribution in [-0.4, -0.2) is 70.3 Å². The molecule has 1 aromatic rings. The van der Waals surface area contributed by atoms with Crippen LogP contribution in [0.2, 0.25) is 0 Å². The molecule has 4 rings (SSSR count). The lowest BCUT2D eigenvalue weighted by molar-refractivity contribution is -0.147. The zero-order valence-electron chi connectivity index (χ0n) is 19.9. The lowest BCUT2D eigenvalue weighted by Gasteiger charge is -2.46. The minimum absolute atomic E-state index is 0.0272. The predicted octanol–water partition coefficient (Wildman–Crippen LogP) is 1.06. The highest BCUT2D eigenvalue weighted by Gasteiger charge is 2.60. The van der Waals surface area contributed by atoms with Crippen LogP contribution in [0.4, 0.5) is 16.2 Å². The second kappa shape index (κ2) is 8.55. The fraction of sp³-hybridized carbons (Fsp3) is 0.417. The van der Waals surface area contributed by atoms with Gasteiger partial charge >= 0.3 is 6.09 Å². The third-order valence-corrected chi connectivity index (χ3v) is 7.03. The topological polar surface area (TPSA) is 200 Å². The molecular weight excluding hydrogens is 474 g/mol. The number of hydrogen-bond donors (Lipinski definition) is 6. The van der Waals surface area contributed by atoms with Gasteiger partial charge in [0.15, 0.2) is 17.1 Å². The number of primary amides is 1. The molecule has 0 aromatic heterocycles. The van der Waals surface area contributed by atoms with Gasteiger partial charge in [0.1, 0.15) is 17.1 Å². The molecule has 0 aliphatic heterocycles. The number of nitrogens with two attached hydrogens (primary N) is 1. The smallest absolute Gasteiger partial charge is 0.411 e. The van der Waals surface area contributed by atoms with Crippen LogP contribution in [0.25, 0.3) is 5.76 Å². The molecule has 0 bridgehead atoms. The number of hydrogen-bond acceptors (Lipinski definition) is 10. The number of phenolic OH excluding ortho intramolecular Hbond substituents is 1. The molecule has 0 saturated heterocycles. The Bertz CT molecular complexity index is 1280. The zero-order valence-corrected chi connectivity index (χ0v) is 19.9. The number of phenols is 1. The lowest BCUT2D eigenvalue weighted by atomic mass is 9.59. The molecule has 1 fully saturated rings. The summed E-state index contributed by atoms with van der Waals surface area (Å²) < 4.78 is 4.86. The molecule has 2 amide bonds. The van der Waals surface area contributed by atoms with E-state index in [1.807, 2.05) is 0 Å². The molecule has 3 unspecified atom stereocenters. The number of aliphatic hydroxyl groups excluding tert-OH is 2. The summed E-state index contributed by atoms with van der Waals surface area (Å²) in [7, 11) is 3.44. The summed E-state index contributed by atoms with van der Waals surface area (Å²) in [5.74, 6) is -7.17. The Labute approximate surface area is 205 Å². The number of aliphatic hydroxyl groups is 3. The van der Waals surface area contributed by atoms with Crippen LogP contribution in [0.3, 0.4) is 0 Å². The molecule has 12 heteroatoms. The fourth-order valence-electron chi connectivity index (χ4n) is 5.44. The number of rotatable bonds is 4. The quantitative estimate of drug-likeness (QED) is 0.256. The van der Waals surface area contributed by atoms with Crippen molar-refractivity contribution in [3.05, 3.63) is 34.1 Å². The Kier molecular flexibility index (Phi) is 5.95. The van der Waals surface area contributed by atoms with Crippen molar-refractivity contribution in [1.82, 2.24) is 0 Å². The molecule has 192 valence electrons. The van der Waals surface area contributed by atoms with Crippen LogP contribution in [0.15, 0.2) is 23.0 Å². The molecule has 0 radical (unpaired) electrons. The zero-order chi connectivity index (χ0) is 26.7. The van der Waals surface area contributed by atoms with Crippen LogP contribution < -0.4 is 16.0 Å². The maximum atomic E-state index is 13.6. The summed E-state index contributed by atoms with van der Waals surface area (Å²) in [6.07, 6.45) is -1.06. The monoisotopic (exact) mass is 501 g/mol. The highest BCUT2D eigenvalue weighted by Crippen LogP contribution is 2.54. The maximum absolute atomic E-state index is 13.6. The number of ketones is 2. The van der Waals surface area contributed by atoms with Crippen molar-refractivity contribution < 1.29 is 44.3 Å². The molecule has 12 nitrogen and oxygen atoms in total.